The molecule has 0 saturated carbocycles. The lowest BCUT2D eigenvalue weighted by Crippen LogP contribution is -1.92. The molecule has 0 bridgehead atoms. The minimum Gasteiger partial charge on any atom is -0.478 e. The first-order valence-electron chi connectivity index (χ1n) is 5.49. The zero-order valence-electron chi connectivity index (χ0n) is 9.86. The second kappa shape index (κ2) is 5.50. The van der Waals surface area contributed by atoms with Crippen molar-refractivity contribution in [3.05, 3.63) is 47.5 Å². The highest BCUT2D eigenvalue weighted by Crippen LogP contribution is 2.31. The Hall–Kier alpha value is -1.57. The maximum Gasteiger partial charge on any atom is 0.330 e. The van der Waals surface area contributed by atoms with E-state index in [2.05, 4.69) is 37.8 Å². The summed E-state index contributed by atoms with van der Waals surface area (Å²) >= 11 is 0. The second-order valence-electron chi connectivity index (χ2n) is 4.22. The molecule has 0 spiro atoms. The Kier molecular flexibility index (Phi) is 4.29. The summed E-state index contributed by atoms with van der Waals surface area (Å²) in [5, 5.41) is 7.89. The Bertz CT molecular complexity index is 381. The number of hydrogen-bond acceptors (Lipinski definition) is 1. The molecule has 16 heavy (non-hydrogen) atoms. The second-order valence-corrected chi connectivity index (χ2v) is 4.22. The summed E-state index contributed by atoms with van der Waals surface area (Å²) in [6.45, 7) is 6.91. The number of rotatable bonds is 1. The molecule has 1 aliphatic rings. The van der Waals surface area contributed by atoms with E-state index >= 15 is 0 Å². The molecule has 1 aromatic carbocycles. The lowest BCUT2D eigenvalue weighted by molar-refractivity contribution is -0.132. The molecule has 0 saturated heterocycles. The van der Waals surface area contributed by atoms with Crippen LogP contribution in [-0.2, 0) is 11.2 Å². The van der Waals surface area contributed by atoms with Crippen LogP contribution in [0.15, 0.2) is 36.4 Å². The summed E-state index contributed by atoms with van der Waals surface area (Å²) in [7, 11) is 0. The van der Waals surface area contributed by atoms with Gasteiger partial charge in [0.15, 0.2) is 0 Å². The molecule has 1 unspecified atom stereocenters. The van der Waals surface area contributed by atoms with Crippen LogP contribution in [0.4, 0.5) is 0 Å². The third-order valence-electron chi connectivity index (χ3n) is 2.80. The fourth-order valence-corrected chi connectivity index (χ4v) is 1.77. The summed E-state index contributed by atoms with van der Waals surface area (Å²) < 4.78 is 0. The molecule has 2 heteroatoms. The Morgan fingerprint density at radius 1 is 1.44 bits per heavy atom. The fourth-order valence-electron chi connectivity index (χ4n) is 1.77. The van der Waals surface area contributed by atoms with Crippen molar-refractivity contribution >= 4 is 5.97 Å². The van der Waals surface area contributed by atoms with E-state index in [1.807, 2.05) is 0 Å². The Labute approximate surface area is 96.6 Å². The van der Waals surface area contributed by atoms with E-state index in [4.69, 9.17) is 5.11 Å². The molecule has 1 N–H and O–H groups in total. The van der Waals surface area contributed by atoms with Crippen LogP contribution in [0.5, 0.6) is 0 Å². The zero-order chi connectivity index (χ0) is 12.1. The van der Waals surface area contributed by atoms with Crippen molar-refractivity contribution < 1.29 is 9.90 Å². The van der Waals surface area contributed by atoms with Crippen molar-refractivity contribution in [2.45, 2.75) is 32.6 Å². The summed E-state index contributed by atoms with van der Waals surface area (Å²) in [4.78, 5) is 9.60. The van der Waals surface area contributed by atoms with Crippen molar-refractivity contribution in [2.24, 2.45) is 0 Å². The monoisotopic (exact) mass is 218 g/mol. The van der Waals surface area contributed by atoms with E-state index in [1.54, 1.807) is 11.1 Å². The van der Waals surface area contributed by atoms with E-state index in [0.29, 0.717) is 0 Å². The normalized spacial score (nSPS) is 17.0. The van der Waals surface area contributed by atoms with Crippen molar-refractivity contribution in [1.29, 1.82) is 0 Å². The Morgan fingerprint density at radius 3 is 2.50 bits per heavy atom. The van der Waals surface area contributed by atoms with Crippen LogP contribution in [0.25, 0.3) is 0 Å². The molecule has 86 valence electrons. The van der Waals surface area contributed by atoms with Gasteiger partial charge in [0.1, 0.15) is 0 Å². The highest BCUT2D eigenvalue weighted by atomic mass is 16.4. The predicted octanol–water partition coefficient (Wildman–Crippen LogP) is 3.38. The third-order valence-corrected chi connectivity index (χ3v) is 2.80. The van der Waals surface area contributed by atoms with Crippen molar-refractivity contribution in [1.82, 2.24) is 0 Å². The predicted molar refractivity (Wildman–Crippen MR) is 65.6 cm³/mol. The maximum atomic E-state index is 9.60. The summed E-state index contributed by atoms with van der Waals surface area (Å²) in [5.74, 6) is -0.133. The standard InChI is InChI=1S/C10H12.C4H6O2/c1-8-6-7-9-4-2-3-5-10(8)9;1-3(2)4(5)6/h2-5,8H,6-7H2,1H3;1H2,2H3,(H,5,6). The maximum absolute atomic E-state index is 9.60. The van der Waals surface area contributed by atoms with Crippen LogP contribution in [0, 0.1) is 0 Å². The van der Waals surface area contributed by atoms with Gasteiger partial charge in [-0.15, -0.1) is 0 Å². The Balaban J connectivity index is 0.000000187. The van der Waals surface area contributed by atoms with Crippen LogP contribution in [0.2, 0.25) is 0 Å². The molecular formula is C14H18O2. The number of hydrogen-bond donors (Lipinski definition) is 1. The number of aryl methyl sites for hydroxylation is 1. The minimum atomic E-state index is -0.935. The van der Waals surface area contributed by atoms with Gasteiger partial charge in [-0.3, -0.25) is 0 Å². The summed E-state index contributed by atoms with van der Waals surface area (Å²) in [5.41, 5.74) is 3.31. The number of carboxylic acids is 1. The molecule has 0 aromatic heterocycles. The highest BCUT2D eigenvalue weighted by Gasteiger charge is 2.16. The molecule has 1 aromatic rings. The van der Waals surface area contributed by atoms with Crippen LogP contribution in [0.3, 0.4) is 0 Å². The molecule has 0 heterocycles. The van der Waals surface area contributed by atoms with Gasteiger partial charge >= 0.3 is 5.97 Å². The number of fused-ring (bicyclic) bond motifs is 1. The average Bonchev–Trinajstić information content (AvgIpc) is 2.62. The van der Waals surface area contributed by atoms with Crippen LogP contribution >= 0.6 is 0 Å². The molecule has 0 fully saturated rings. The lowest BCUT2D eigenvalue weighted by atomic mass is 10.0. The van der Waals surface area contributed by atoms with Gasteiger partial charge in [-0.05, 0) is 36.8 Å². The quantitative estimate of drug-likeness (QED) is 0.734. The van der Waals surface area contributed by atoms with Crippen molar-refractivity contribution in [2.75, 3.05) is 0 Å². The van der Waals surface area contributed by atoms with Gasteiger partial charge in [0, 0.05) is 5.57 Å². The topological polar surface area (TPSA) is 37.3 Å². The molecule has 0 aliphatic heterocycles. The smallest absolute Gasteiger partial charge is 0.330 e. The highest BCUT2D eigenvalue weighted by molar-refractivity contribution is 5.84. The number of carbonyl (C=O) groups is 1. The summed E-state index contributed by atoms with van der Waals surface area (Å²) in [6.07, 6.45) is 2.64. The largest absolute Gasteiger partial charge is 0.478 e. The van der Waals surface area contributed by atoms with Gasteiger partial charge in [-0.2, -0.15) is 0 Å². The molecule has 2 rings (SSSR count). The number of aliphatic carboxylic acids is 1. The summed E-state index contributed by atoms with van der Waals surface area (Å²) in [6, 6.07) is 8.78. The minimum absolute atomic E-state index is 0.176. The van der Waals surface area contributed by atoms with Gasteiger partial charge in [0.05, 0.1) is 0 Å². The van der Waals surface area contributed by atoms with E-state index in [9.17, 15) is 4.79 Å². The fraction of sp³-hybridized carbons (Fsp3) is 0.357. The van der Waals surface area contributed by atoms with Crippen molar-refractivity contribution in [3.8, 4) is 0 Å². The zero-order valence-corrected chi connectivity index (χ0v) is 9.86. The SMILES string of the molecule is C=C(C)C(=O)O.CC1CCc2ccccc21. The van der Waals surface area contributed by atoms with E-state index in [0.717, 1.165) is 5.92 Å². The number of benzene rings is 1. The van der Waals surface area contributed by atoms with Crippen molar-refractivity contribution in [3.63, 3.8) is 0 Å². The van der Waals surface area contributed by atoms with Crippen LogP contribution in [-0.4, -0.2) is 11.1 Å². The van der Waals surface area contributed by atoms with E-state index in [-0.39, 0.29) is 5.57 Å². The molecule has 0 amide bonds. The van der Waals surface area contributed by atoms with Gasteiger partial charge in [-0.25, -0.2) is 4.79 Å². The average molecular weight is 218 g/mol. The van der Waals surface area contributed by atoms with Gasteiger partial charge in [0.2, 0.25) is 0 Å². The number of carboxylic acid groups (broad SMARTS) is 1. The molecule has 1 aliphatic carbocycles. The van der Waals surface area contributed by atoms with Gasteiger partial charge in [-0.1, -0.05) is 37.8 Å². The van der Waals surface area contributed by atoms with Gasteiger partial charge in [0.25, 0.3) is 0 Å². The van der Waals surface area contributed by atoms with Crippen LogP contribution < -0.4 is 0 Å². The first-order valence-corrected chi connectivity index (χ1v) is 5.49. The first kappa shape index (κ1) is 12.5. The third kappa shape index (κ3) is 3.23. The van der Waals surface area contributed by atoms with Crippen LogP contribution in [0.1, 0.15) is 37.3 Å². The van der Waals surface area contributed by atoms with Gasteiger partial charge < -0.3 is 5.11 Å². The molecular weight excluding hydrogens is 200 g/mol. The molecule has 0 radical (unpaired) electrons. The lowest BCUT2D eigenvalue weighted by Gasteiger charge is -2.01. The Morgan fingerprint density at radius 2 is 2.00 bits per heavy atom. The first-order chi connectivity index (χ1) is 7.52. The van der Waals surface area contributed by atoms with E-state index < -0.39 is 5.97 Å². The molecule has 2 nitrogen and oxygen atoms in total. The van der Waals surface area contributed by atoms with E-state index in [1.165, 1.54) is 19.8 Å². The molecule has 1 atom stereocenters.